The van der Waals surface area contributed by atoms with E-state index in [1.165, 1.54) is 6.08 Å². The van der Waals surface area contributed by atoms with Crippen LogP contribution in [0.15, 0.2) is 12.7 Å². The molecule has 2 fully saturated rings. The zero-order valence-electron chi connectivity index (χ0n) is 13.9. The topological polar surface area (TPSA) is 58.6 Å². The Kier molecular flexibility index (Phi) is 3.30. The van der Waals surface area contributed by atoms with Crippen LogP contribution in [0.3, 0.4) is 0 Å². The fraction of sp³-hybridized carbons (Fsp3) is 0.750. The van der Waals surface area contributed by atoms with Gasteiger partial charge in [0.15, 0.2) is 5.60 Å². The normalized spacial score (nSPS) is 28.3. The second kappa shape index (κ2) is 4.32. The molecule has 0 unspecified atom stereocenters. The van der Waals surface area contributed by atoms with Gasteiger partial charge in [-0.25, -0.2) is 0 Å². The summed E-state index contributed by atoms with van der Waals surface area (Å²) in [6, 6.07) is 0. The lowest BCUT2D eigenvalue weighted by atomic mass is 9.70. The first-order valence-electron chi connectivity index (χ1n) is 7.35. The maximum Gasteiger partial charge on any atom is 0.254 e. The SMILES string of the molecule is C=CC(=O)N1C(C)(C)CC2(CC1(C)C)OC(C)(C)NC2=O. The number of ether oxygens (including phenoxy) is 1. The molecule has 21 heavy (non-hydrogen) atoms. The molecular weight excluding hydrogens is 268 g/mol. The van der Waals surface area contributed by atoms with Gasteiger partial charge in [0, 0.05) is 23.9 Å². The molecule has 0 aromatic rings. The summed E-state index contributed by atoms with van der Waals surface area (Å²) in [5.74, 6) is -0.197. The maximum atomic E-state index is 12.5. The molecule has 2 aliphatic rings. The van der Waals surface area contributed by atoms with Gasteiger partial charge in [-0.1, -0.05) is 6.58 Å². The number of amides is 2. The molecule has 5 heteroatoms. The Morgan fingerprint density at radius 1 is 1.19 bits per heavy atom. The van der Waals surface area contributed by atoms with Crippen molar-refractivity contribution in [1.82, 2.24) is 10.2 Å². The highest BCUT2D eigenvalue weighted by Crippen LogP contribution is 2.48. The molecule has 118 valence electrons. The highest BCUT2D eigenvalue weighted by molar-refractivity contribution is 5.91. The third kappa shape index (κ3) is 2.48. The fourth-order valence-electron chi connectivity index (χ4n) is 4.31. The smallest absolute Gasteiger partial charge is 0.254 e. The Hall–Kier alpha value is -1.36. The van der Waals surface area contributed by atoms with Gasteiger partial charge in [-0.15, -0.1) is 0 Å². The molecule has 0 atom stereocenters. The molecular formula is C16H26N2O3. The van der Waals surface area contributed by atoms with Crippen LogP contribution in [-0.4, -0.2) is 39.1 Å². The van der Waals surface area contributed by atoms with Gasteiger partial charge in [-0.3, -0.25) is 9.59 Å². The van der Waals surface area contributed by atoms with Crippen molar-refractivity contribution < 1.29 is 14.3 Å². The molecule has 2 heterocycles. The Balaban J connectivity index is 2.45. The van der Waals surface area contributed by atoms with Crippen molar-refractivity contribution in [3.63, 3.8) is 0 Å². The zero-order chi connectivity index (χ0) is 16.3. The molecule has 5 nitrogen and oxygen atoms in total. The van der Waals surface area contributed by atoms with E-state index in [0.717, 1.165) is 0 Å². The molecule has 2 aliphatic heterocycles. The second-order valence-corrected chi connectivity index (χ2v) is 7.92. The molecule has 2 rings (SSSR count). The summed E-state index contributed by atoms with van der Waals surface area (Å²) in [5, 5.41) is 2.90. The van der Waals surface area contributed by atoms with Crippen LogP contribution in [0.4, 0.5) is 0 Å². The summed E-state index contributed by atoms with van der Waals surface area (Å²) in [6.07, 6.45) is 2.28. The summed E-state index contributed by atoms with van der Waals surface area (Å²) in [7, 11) is 0. The quantitative estimate of drug-likeness (QED) is 0.752. The summed E-state index contributed by atoms with van der Waals surface area (Å²) in [6.45, 7) is 15.2. The minimum Gasteiger partial charge on any atom is -0.340 e. The lowest BCUT2D eigenvalue weighted by molar-refractivity contribution is -0.185. The summed E-state index contributed by atoms with van der Waals surface area (Å²) < 4.78 is 6.10. The monoisotopic (exact) mass is 294 g/mol. The lowest BCUT2D eigenvalue weighted by Crippen LogP contribution is -2.68. The van der Waals surface area contributed by atoms with Gasteiger partial charge in [0.1, 0.15) is 5.72 Å². The van der Waals surface area contributed by atoms with E-state index in [2.05, 4.69) is 11.9 Å². The molecule has 0 aromatic heterocycles. The third-order valence-electron chi connectivity index (χ3n) is 4.32. The van der Waals surface area contributed by atoms with Crippen molar-refractivity contribution in [1.29, 1.82) is 0 Å². The first kappa shape index (κ1) is 16.0. The van der Waals surface area contributed by atoms with Gasteiger partial charge in [0.2, 0.25) is 5.91 Å². The van der Waals surface area contributed by atoms with Crippen LogP contribution in [-0.2, 0) is 14.3 Å². The first-order valence-corrected chi connectivity index (χ1v) is 7.35. The number of nitrogens with one attached hydrogen (secondary N) is 1. The standard InChI is InChI=1S/C16H26N2O3/c1-8-11(19)18-13(2,3)9-16(10-14(18,4)5)12(20)17-15(6,7)21-16/h8H,1,9-10H2,2-7H3,(H,17,20). The molecule has 0 bridgehead atoms. The van der Waals surface area contributed by atoms with Crippen LogP contribution in [0.1, 0.15) is 54.4 Å². The van der Waals surface area contributed by atoms with Gasteiger partial charge >= 0.3 is 0 Å². The molecule has 2 saturated heterocycles. The molecule has 0 saturated carbocycles. The van der Waals surface area contributed by atoms with E-state index in [4.69, 9.17) is 4.74 Å². The van der Waals surface area contributed by atoms with Crippen LogP contribution in [0.5, 0.6) is 0 Å². The molecule has 0 aromatic carbocycles. The van der Waals surface area contributed by atoms with Crippen molar-refractivity contribution in [2.45, 2.75) is 76.8 Å². The highest BCUT2D eigenvalue weighted by Gasteiger charge is 2.62. The molecule has 0 aliphatic carbocycles. The number of carbonyl (C=O) groups is 2. The Morgan fingerprint density at radius 2 is 1.67 bits per heavy atom. The summed E-state index contributed by atoms with van der Waals surface area (Å²) in [4.78, 5) is 26.6. The average molecular weight is 294 g/mol. The second-order valence-electron chi connectivity index (χ2n) is 7.92. The van der Waals surface area contributed by atoms with E-state index in [9.17, 15) is 9.59 Å². The molecule has 1 spiro atoms. The highest BCUT2D eigenvalue weighted by atomic mass is 16.6. The van der Waals surface area contributed by atoms with E-state index in [1.807, 2.05) is 46.4 Å². The van der Waals surface area contributed by atoms with Gasteiger partial charge in [0.25, 0.3) is 5.91 Å². The number of piperidine rings is 1. The lowest BCUT2D eigenvalue weighted by Gasteiger charge is -2.57. The number of hydrogen-bond donors (Lipinski definition) is 1. The van der Waals surface area contributed by atoms with Gasteiger partial charge < -0.3 is 15.0 Å². The zero-order valence-corrected chi connectivity index (χ0v) is 13.9. The van der Waals surface area contributed by atoms with Crippen molar-refractivity contribution in [2.24, 2.45) is 0 Å². The van der Waals surface area contributed by atoms with E-state index < -0.39 is 22.4 Å². The molecule has 2 amide bonds. The van der Waals surface area contributed by atoms with E-state index in [-0.39, 0.29) is 11.8 Å². The van der Waals surface area contributed by atoms with Crippen molar-refractivity contribution in [3.05, 3.63) is 12.7 Å². The van der Waals surface area contributed by atoms with Crippen LogP contribution in [0, 0.1) is 0 Å². The number of carbonyl (C=O) groups excluding carboxylic acids is 2. The van der Waals surface area contributed by atoms with E-state index in [1.54, 1.807) is 0 Å². The largest absolute Gasteiger partial charge is 0.340 e. The summed E-state index contributed by atoms with van der Waals surface area (Å²) >= 11 is 0. The third-order valence-corrected chi connectivity index (χ3v) is 4.32. The molecule has 1 N–H and O–H groups in total. The summed E-state index contributed by atoms with van der Waals surface area (Å²) in [5.41, 5.74) is -2.54. The van der Waals surface area contributed by atoms with Crippen LogP contribution in [0.25, 0.3) is 0 Å². The fourth-order valence-corrected chi connectivity index (χ4v) is 4.31. The average Bonchev–Trinajstić information content (AvgIpc) is 2.43. The number of rotatable bonds is 1. The van der Waals surface area contributed by atoms with Crippen molar-refractivity contribution in [3.8, 4) is 0 Å². The van der Waals surface area contributed by atoms with Crippen molar-refractivity contribution in [2.75, 3.05) is 0 Å². The van der Waals surface area contributed by atoms with Crippen LogP contribution < -0.4 is 5.32 Å². The first-order chi connectivity index (χ1) is 9.35. The number of nitrogens with zero attached hydrogens (tertiary/aromatic N) is 1. The minimum atomic E-state index is -0.881. The van der Waals surface area contributed by atoms with Crippen LogP contribution >= 0.6 is 0 Å². The van der Waals surface area contributed by atoms with Crippen LogP contribution in [0.2, 0.25) is 0 Å². The number of hydrogen-bond acceptors (Lipinski definition) is 3. The minimum absolute atomic E-state index is 0.0839. The predicted octanol–water partition coefficient (Wildman–Crippen LogP) is 1.97. The van der Waals surface area contributed by atoms with E-state index in [0.29, 0.717) is 12.8 Å². The predicted molar refractivity (Wildman–Crippen MR) is 80.5 cm³/mol. The number of likely N-dealkylation sites (tertiary alicyclic amines) is 1. The maximum absolute atomic E-state index is 12.5. The Morgan fingerprint density at radius 3 is 2.00 bits per heavy atom. The van der Waals surface area contributed by atoms with Gasteiger partial charge in [-0.2, -0.15) is 0 Å². The van der Waals surface area contributed by atoms with Gasteiger partial charge in [0.05, 0.1) is 0 Å². The van der Waals surface area contributed by atoms with Crippen molar-refractivity contribution >= 4 is 11.8 Å². The Bertz CT molecular complexity index is 488. The van der Waals surface area contributed by atoms with Gasteiger partial charge in [-0.05, 0) is 47.6 Å². The Labute approximate surface area is 126 Å². The van der Waals surface area contributed by atoms with E-state index >= 15 is 0 Å². The molecule has 0 radical (unpaired) electrons.